The van der Waals surface area contributed by atoms with Crippen LogP contribution in [0, 0.1) is 5.41 Å². The summed E-state index contributed by atoms with van der Waals surface area (Å²) in [7, 11) is 0. The Hall–Kier alpha value is -0.860. The number of fused-ring (bicyclic) bond motifs is 3. The molecule has 0 amide bonds. The molecule has 1 N–H and O–H groups in total. The molecule has 3 rings (SSSR count). The first-order valence-corrected chi connectivity index (χ1v) is 8.16. The minimum atomic E-state index is 0.437. The molecule has 19 heavy (non-hydrogen) atoms. The van der Waals surface area contributed by atoms with E-state index in [0.717, 1.165) is 6.54 Å². The molecular weight excluding hydrogens is 250 g/mol. The molecule has 1 heterocycles. The summed E-state index contributed by atoms with van der Waals surface area (Å²) in [5.41, 5.74) is 2.05. The van der Waals surface area contributed by atoms with Crippen LogP contribution in [0.1, 0.15) is 50.1 Å². The Morgan fingerprint density at radius 3 is 2.89 bits per heavy atom. The Morgan fingerprint density at radius 2 is 2.11 bits per heavy atom. The molecule has 0 fully saturated rings. The Bertz CT molecular complexity index is 582. The molecule has 2 heteroatoms. The molecule has 0 spiro atoms. The number of nitrogens with one attached hydrogen (secondary N) is 1. The van der Waals surface area contributed by atoms with E-state index in [2.05, 4.69) is 50.4 Å². The van der Waals surface area contributed by atoms with Crippen molar-refractivity contribution in [2.24, 2.45) is 5.41 Å². The van der Waals surface area contributed by atoms with Gasteiger partial charge in [0.15, 0.2) is 0 Å². The Kier molecular flexibility index (Phi) is 3.40. The first kappa shape index (κ1) is 13.1. The van der Waals surface area contributed by atoms with Crippen LogP contribution in [0.15, 0.2) is 24.3 Å². The normalized spacial score (nSPS) is 22.2. The number of aryl methyl sites for hydroxylation is 1. The summed E-state index contributed by atoms with van der Waals surface area (Å²) in [6.07, 6.45) is 3.78. The molecule has 0 bridgehead atoms. The van der Waals surface area contributed by atoms with Crippen molar-refractivity contribution in [1.29, 1.82) is 0 Å². The first-order valence-electron chi connectivity index (χ1n) is 7.34. The Morgan fingerprint density at radius 1 is 1.32 bits per heavy atom. The quantitative estimate of drug-likeness (QED) is 0.766. The van der Waals surface area contributed by atoms with Gasteiger partial charge in [-0.15, -0.1) is 11.3 Å². The molecule has 0 radical (unpaired) electrons. The molecule has 2 aromatic rings. The third kappa shape index (κ3) is 2.44. The van der Waals surface area contributed by atoms with Crippen LogP contribution in [-0.4, -0.2) is 6.54 Å². The minimum Gasteiger partial charge on any atom is -0.309 e. The molecule has 0 aliphatic heterocycles. The molecule has 1 aromatic heterocycles. The number of benzene rings is 1. The average molecular weight is 273 g/mol. The molecule has 1 aliphatic carbocycles. The highest BCUT2D eigenvalue weighted by Crippen LogP contribution is 2.45. The molecule has 102 valence electrons. The van der Waals surface area contributed by atoms with Crippen molar-refractivity contribution in [3.05, 3.63) is 34.7 Å². The molecule has 1 aliphatic rings. The fraction of sp³-hybridized carbons (Fsp3) is 0.529. The fourth-order valence-electron chi connectivity index (χ4n) is 3.28. The summed E-state index contributed by atoms with van der Waals surface area (Å²) >= 11 is 2.00. The van der Waals surface area contributed by atoms with Gasteiger partial charge in [0.2, 0.25) is 0 Å². The zero-order chi connectivity index (χ0) is 13.5. The predicted octanol–water partition coefficient (Wildman–Crippen LogP) is 4.91. The SMILES string of the molecule is CCNC1CC(C)(C)CCc2c1sc1ccccc21. The molecular formula is C17H23NS. The van der Waals surface area contributed by atoms with Gasteiger partial charge in [-0.2, -0.15) is 0 Å². The topological polar surface area (TPSA) is 12.0 Å². The van der Waals surface area contributed by atoms with Crippen LogP contribution in [0.5, 0.6) is 0 Å². The largest absolute Gasteiger partial charge is 0.309 e. The maximum atomic E-state index is 3.71. The van der Waals surface area contributed by atoms with E-state index in [4.69, 9.17) is 0 Å². The summed E-state index contributed by atoms with van der Waals surface area (Å²) in [5.74, 6) is 0. The van der Waals surface area contributed by atoms with Crippen molar-refractivity contribution in [1.82, 2.24) is 5.32 Å². The van der Waals surface area contributed by atoms with Crippen molar-refractivity contribution in [2.75, 3.05) is 6.54 Å². The minimum absolute atomic E-state index is 0.437. The smallest absolute Gasteiger partial charge is 0.0423 e. The van der Waals surface area contributed by atoms with Gasteiger partial charge in [-0.25, -0.2) is 0 Å². The second kappa shape index (κ2) is 4.92. The second-order valence-electron chi connectivity index (χ2n) is 6.42. The van der Waals surface area contributed by atoms with E-state index >= 15 is 0 Å². The third-order valence-corrected chi connectivity index (χ3v) is 5.63. The molecule has 0 saturated heterocycles. The number of thiophene rings is 1. The van der Waals surface area contributed by atoms with Gasteiger partial charge in [0.1, 0.15) is 0 Å². The van der Waals surface area contributed by atoms with Gasteiger partial charge < -0.3 is 5.32 Å². The standard InChI is InChI=1S/C17H23NS/c1-4-18-14-11-17(2,3)10-9-13-12-7-5-6-8-15(12)19-16(13)14/h5-8,14,18H,4,9-11H2,1-3H3. The molecule has 1 unspecified atom stereocenters. The van der Waals surface area contributed by atoms with Crippen molar-refractivity contribution in [3.8, 4) is 0 Å². The van der Waals surface area contributed by atoms with E-state index in [1.54, 1.807) is 10.4 Å². The molecule has 1 aromatic carbocycles. The highest BCUT2D eigenvalue weighted by Gasteiger charge is 2.31. The van der Waals surface area contributed by atoms with Gasteiger partial charge in [-0.05, 0) is 48.2 Å². The fourth-order valence-corrected chi connectivity index (χ4v) is 4.61. The lowest BCUT2D eigenvalue weighted by molar-refractivity contribution is 0.276. The summed E-state index contributed by atoms with van der Waals surface area (Å²) in [6.45, 7) is 8.09. The maximum Gasteiger partial charge on any atom is 0.0423 e. The zero-order valence-corrected chi connectivity index (χ0v) is 12.9. The van der Waals surface area contributed by atoms with E-state index in [9.17, 15) is 0 Å². The summed E-state index contributed by atoms with van der Waals surface area (Å²) in [4.78, 5) is 1.59. The van der Waals surface area contributed by atoms with Crippen LogP contribution in [-0.2, 0) is 6.42 Å². The maximum absolute atomic E-state index is 3.71. The van der Waals surface area contributed by atoms with Crippen molar-refractivity contribution in [3.63, 3.8) is 0 Å². The second-order valence-corrected chi connectivity index (χ2v) is 7.50. The van der Waals surface area contributed by atoms with Crippen molar-refractivity contribution >= 4 is 21.4 Å². The van der Waals surface area contributed by atoms with Crippen LogP contribution in [0.3, 0.4) is 0 Å². The zero-order valence-electron chi connectivity index (χ0n) is 12.1. The monoisotopic (exact) mass is 273 g/mol. The Labute approximate surface area is 120 Å². The first-order chi connectivity index (χ1) is 9.11. The van der Waals surface area contributed by atoms with E-state index in [-0.39, 0.29) is 0 Å². The van der Waals surface area contributed by atoms with Crippen molar-refractivity contribution < 1.29 is 0 Å². The molecule has 1 atom stereocenters. The van der Waals surface area contributed by atoms with Crippen molar-refractivity contribution in [2.45, 2.75) is 46.1 Å². The van der Waals surface area contributed by atoms with Crippen LogP contribution in [0.2, 0.25) is 0 Å². The summed E-state index contributed by atoms with van der Waals surface area (Å²) in [5, 5.41) is 5.20. The summed E-state index contributed by atoms with van der Waals surface area (Å²) < 4.78 is 1.45. The lowest BCUT2D eigenvalue weighted by atomic mass is 9.83. The highest BCUT2D eigenvalue weighted by atomic mass is 32.1. The molecule has 0 saturated carbocycles. The third-order valence-electron chi connectivity index (χ3n) is 4.31. The number of rotatable bonds is 2. The van der Waals surface area contributed by atoms with Crippen LogP contribution in [0.4, 0.5) is 0 Å². The number of hydrogen-bond donors (Lipinski definition) is 1. The average Bonchev–Trinajstić information content (AvgIpc) is 2.69. The lowest BCUT2D eigenvalue weighted by Crippen LogP contribution is -2.25. The van der Waals surface area contributed by atoms with Gasteiger partial charge in [-0.1, -0.05) is 39.0 Å². The van der Waals surface area contributed by atoms with Crippen LogP contribution >= 0.6 is 11.3 Å². The van der Waals surface area contributed by atoms with Gasteiger partial charge in [-0.3, -0.25) is 0 Å². The highest BCUT2D eigenvalue weighted by molar-refractivity contribution is 7.19. The summed E-state index contributed by atoms with van der Waals surface area (Å²) in [6, 6.07) is 9.43. The van der Waals surface area contributed by atoms with E-state index in [1.165, 1.54) is 29.3 Å². The van der Waals surface area contributed by atoms with Gasteiger partial charge in [0.05, 0.1) is 0 Å². The van der Waals surface area contributed by atoms with Crippen LogP contribution < -0.4 is 5.32 Å². The predicted molar refractivity (Wildman–Crippen MR) is 85.0 cm³/mol. The van der Waals surface area contributed by atoms with E-state index < -0.39 is 0 Å². The molecule has 1 nitrogen and oxygen atoms in total. The van der Waals surface area contributed by atoms with E-state index in [0.29, 0.717) is 11.5 Å². The van der Waals surface area contributed by atoms with Gasteiger partial charge >= 0.3 is 0 Å². The number of hydrogen-bond acceptors (Lipinski definition) is 2. The van der Waals surface area contributed by atoms with E-state index in [1.807, 2.05) is 11.3 Å². The van der Waals surface area contributed by atoms with Crippen LogP contribution in [0.25, 0.3) is 10.1 Å². The Balaban J connectivity index is 2.11. The van der Waals surface area contributed by atoms with Gasteiger partial charge in [0, 0.05) is 15.6 Å². The van der Waals surface area contributed by atoms with Gasteiger partial charge in [0.25, 0.3) is 0 Å². The lowest BCUT2D eigenvalue weighted by Gasteiger charge is -2.27.